The number of benzene rings is 1. The highest BCUT2D eigenvalue weighted by molar-refractivity contribution is 5.92. The van der Waals surface area contributed by atoms with Crippen molar-refractivity contribution in [3.05, 3.63) is 41.6 Å². The molecule has 0 bridgehead atoms. The summed E-state index contributed by atoms with van der Waals surface area (Å²) in [5.74, 6) is 0.335. The van der Waals surface area contributed by atoms with E-state index in [1.807, 2.05) is 44.2 Å². The number of carbonyl (C=O) groups is 1. The quantitative estimate of drug-likeness (QED) is 0.911. The summed E-state index contributed by atoms with van der Waals surface area (Å²) in [6.45, 7) is 10.5. The van der Waals surface area contributed by atoms with Crippen LogP contribution in [0.15, 0.2) is 30.3 Å². The van der Waals surface area contributed by atoms with Crippen LogP contribution >= 0.6 is 0 Å². The second kappa shape index (κ2) is 6.54. The van der Waals surface area contributed by atoms with Crippen LogP contribution in [0.5, 0.6) is 0 Å². The van der Waals surface area contributed by atoms with Crippen LogP contribution in [-0.2, 0) is 10.2 Å². The largest absolute Gasteiger partial charge is 0.330 e. The molecule has 1 aromatic heterocycles. The fourth-order valence-corrected chi connectivity index (χ4v) is 2.15. The first-order valence-electron chi connectivity index (χ1n) is 7.91. The second-order valence-electron chi connectivity index (χ2n) is 7.04. The molecule has 5 nitrogen and oxygen atoms in total. The van der Waals surface area contributed by atoms with Gasteiger partial charge >= 0.3 is 0 Å². The van der Waals surface area contributed by atoms with Crippen molar-refractivity contribution in [1.82, 2.24) is 9.78 Å². The van der Waals surface area contributed by atoms with Gasteiger partial charge in [-0.05, 0) is 24.6 Å². The Balaban J connectivity index is 2.47. The first kappa shape index (κ1) is 17.2. The van der Waals surface area contributed by atoms with Crippen LogP contribution in [0.1, 0.15) is 39.0 Å². The van der Waals surface area contributed by atoms with Crippen LogP contribution in [0.4, 0.5) is 5.82 Å². The molecule has 1 heterocycles. The third-order valence-electron chi connectivity index (χ3n) is 3.78. The first-order valence-corrected chi connectivity index (χ1v) is 7.91. The summed E-state index contributed by atoms with van der Waals surface area (Å²) in [6, 6.07) is 9.98. The van der Waals surface area contributed by atoms with Crippen LogP contribution in [0.25, 0.3) is 5.69 Å². The minimum atomic E-state index is -0.242. The van der Waals surface area contributed by atoms with Crippen molar-refractivity contribution in [2.75, 3.05) is 11.9 Å². The molecule has 0 saturated heterocycles. The smallest absolute Gasteiger partial charge is 0.229 e. The molecule has 23 heavy (non-hydrogen) atoms. The Kier molecular flexibility index (Phi) is 4.90. The van der Waals surface area contributed by atoms with E-state index in [-0.39, 0.29) is 17.2 Å². The standard InChI is InChI=1S/C18H26N4O/c1-12-7-6-8-14(9-12)22-16(20-17(23)13(2)11-19)10-15(21-22)18(3,4)5/h6-10,13H,11,19H2,1-5H3,(H,20,23). The van der Waals surface area contributed by atoms with E-state index < -0.39 is 0 Å². The number of nitrogens with zero attached hydrogens (tertiary/aromatic N) is 2. The van der Waals surface area contributed by atoms with Crippen molar-refractivity contribution in [3.8, 4) is 5.69 Å². The number of nitrogens with one attached hydrogen (secondary N) is 1. The third-order valence-corrected chi connectivity index (χ3v) is 3.78. The van der Waals surface area contributed by atoms with Gasteiger partial charge in [-0.25, -0.2) is 4.68 Å². The number of aromatic nitrogens is 2. The highest BCUT2D eigenvalue weighted by atomic mass is 16.2. The highest BCUT2D eigenvalue weighted by Gasteiger charge is 2.22. The highest BCUT2D eigenvalue weighted by Crippen LogP contribution is 2.26. The van der Waals surface area contributed by atoms with E-state index in [1.165, 1.54) is 0 Å². The maximum absolute atomic E-state index is 12.2. The molecule has 0 aliphatic carbocycles. The molecule has 1 amide bonds. The Labute approximate surface area is 137 Å². The molecule has 1 aromatic carbocycles. The summed E-state index contributed by atoms with van der Waals surface area (Å²) in [7, 11) is 0. The number of anilines is 1. The van der Waals surface area contributed by atoms with E-state index in [0.717, 1.165) is 16.9 Å². The molecule has 2 rings (SSSR count). The van der Waals surface area contributed by atoms with Crippen molar-refractivity contribution < 1.29 is 4.79 Å². The SMILES string of the molecule is Cc1cccc(-n2nc(C(C)(C)C)cc2NC(=O)C(C)CN)c1. The van der Waals surface area contributed by atoms with Gasteiger partial charge in [0.15, 0.2) is 0 Å². The van der Waals surface area contributed by atoms with Gasteiger partial charge in [-0.15, -0.1) is 0 Å². The molecule has 0 spiro atoms. The number of carbonyl (C=O) groups excluding carboxylic acids is 1. The Morgan fingerprint density at radius 3 is 2.61 bits per heavy atom. The average molecular weight is 314 g/mol. The molecule has 0 aliphatic rings. The molecular weight excluding hydrogens is 288 g/mol. The summed E-state index contributed by atoms with van der Waals surface area (Å²) in [5, 5.41) is 7.65. The number of hydrogen-bond acceptors (Lipinski definition) is 3. The summed E-state index contributed by atoms with van der Waals surface area (Å²) in [5.41, 5.74) is 8.48. The van der Waals surface area contributed by atoms with Gasteiger partial charge in [0, 0.05) is 23.9 Å². The van der Waals surface area contributed by atoms with Gasteiger partial charge < -0.3 is 11.1 Å². The molecule has 0 radical (unpaired) electrons. The summed E-state index contributed by atoms with van der Waals surface area (Å²) in [6.07, 6.45) is 0. The monoisotopic (exact) mass is 314 g/mol. The number of rotatable bonds is 4. The summed E-state index contributed by atoms with van der Waals surface area (Å²) < 4.78 is 1.79. The summed E-state index contributed by atoms with van der Waals surface area (Å²) >= 11 is 0. The molecule has 3 N–H and O–H groups in total. The molecule has 5 heteroatoms. The second-order valence-corrected chi connectivity index (χ2v) is 7.04. The molecule has 124 valence electrons. The van der Waals surface area contributed by atoms with Crippen molar-refractivity contribution >= 4 is 11.7 Å². The minimum Gasteiger partial charge on any atom is -0.330 e. The first-order chi connectivity index (χ1) is 10.7. The molecule has 0 fully saturated rings. The molecule has 0 saturated carbocycles. The number of aryl methyl sites for hydroxylation is 1. The van der Waals surface area contributed by atoms with Gasteiger partial charge in [0.2, 0.25) is 5.91 Å². The number of amides is 1. The van der Waals surface area contributed by atoms with Crippen LogP contribution in [-0.4, -0.2) is 22.2 Å². The number of hydrogen-bond donors (Lipinski definition) is 2. The van der Waals surface area contributed by atoms with E-state index in [1.54, 1.807) is 4.68 Å². The predicted molar refractivity (Wildman–Crippen MR) is 93.8 cm³/mol. The fourth-order valence-electron chi connectivity index (χ4n) is 2.15. The van der Waals surface area contributed by atoms with Crippen LogP contribution < -0.4 is 11.1 Å². The lowest BCUT2D eigenvalue weighted by Gasteiger charge is -2.14. The van der Waals surface area contributed by atoms with E-state index in [4.69, 9.17) is 10.8 Å². The van der Waals surface area contributed by atoms with Crippen molar-refractivity contribution in [3.63, 3.8) is 0 Å². The molecule has 1 atom stereocenters. The van der Waals surface area contributed by atoms with Gasteiger partial charge in [0.05, 0.1) is 11.4 Å². The predicted octanol–water partition coefficient (Wildman–Crippen LogP) is 3.01. The van der Waals surface area contributed by atoms with Gasteiger partial charge in [0.1, 0.15) is 5.82 Å². The van der Waals surface area contributed by atoms with E-state index in [0.29, 0.717) is 12.4 Å². The zero-order chi connectivity index (χ0) is 17.2. The van der Waals surface area contributed by atoms with E-state index in [9.17, 15) is 4.79 Å². The normalized spacial score (nSPS) is 13.0. The van der Waals surface area contributed by atoms with Gasteiger partial charge in [-0.3, -0.25) is 4.79 Å². The van der Waals surface area contributed by atoms with Crippen molar-refractivity contribution in [2.45, 2.75) is 40.0 Å². The fraction of sp³-hybridized carbons (Fsp3) is 0.444. The van der Waals surface area contributed by atoms with Crippen molar-refractivity contribution in [2.24, 2.45) is 11.7 Å². The maximum atomic E-state index is 12.2. The lowest BCUT2D eigenvalue weighted by molar-refractivity contribution is -0.119. The Bertz CT molecular complexity index is 697. The van der Waals surface area contributed by atoms with Crippen molar-refractivity contribution in [1.29, 1.82) is 0 Å². The number of nitrogens with two attached hydrogens (primary N) is 1. The molecule has 0 aliphatic heterocycles. The Morgan fingerprint density at radius 1 is 1.35 bits per heavy atom. The Hall–Kier alpha value is -2.14. The van der Waals surface area contributed by atoms with Gasteiger partial charge in [0.25, 0.3) is 0 Å². The van der Waals surface area contributed by atoms with E-state index in [2.05, 4.69) is 26.1 Å². The zero-order valence-electron chi connectivity index (χ0n) is 14.6. The van der Waals surface area contributed by atoms with Crippen LogP contribution in [0.3, 0.4) is 0 Å². The maximum Gasteiger partial charge on any atom is 0.229 e. The van der Waals surface area contributed by atoms with Gasteiger partial charge in [-0.1, -0.05) is 39.8 Å². The Morgan fingerprint density at radius 2 is 2.04 bits per heavy atom. The zero-order valence-corrected chi connectivity index (χ0v) is 14.6. The molecule has 2 aromatic rings. The van der Waals surface area contributed by atoms with Crippen LogP contribution in [0, 0.1) is 12.8 Å². The summed E-state index contributed by atoms with van der Waals surface area (Å²) in [4.78, 5) is 12.2. The topological polar surface area (TPSA) is 72.9 Å². The lowest BCUT2D eigenvalue weighted by Crippen LogP contribution is -2.27. The van der Waals surface area contributed by atoms with E-state index >= 15 is 0 Å². The average Bonchev–Trinajstić information content (AvgIpc) is 2.90. The lowest BCUT2D eigenvalue weighted by atomic mass is 9.92. The van der Waals surface area contributed by atoms with Gasteiger partial charge in [-0.2, -0.15) is 5.10 Å². The molecule has 1 unspecified atom stereocenters. The molecular formula is C18H26N4O. The minimum absolute atomic E-state index is 0.0956. The van der Waals surface area contributed by atoms with Crippen LogP contribution in [0.2, 0.25) is 0 Å². The third kappa shape index (κ3) is 3.99.